The number of hydrogen-bond donors (Lipinski definition) is 0. The van der Waals surface area contributed by atoms with Crippen LogP contribution in [0.25, 0.3) is 11.3 Å². The van der Waals surface area contributed by atoms with Crippen molar-refractivity contribution in [1.82, 2.24) is 14.8 Å². The number of aromatic nitrogens is 1. The van der Waals surface area contributed by atoms with Crippen molar-refractivity contribution in [2.24, 2.45) is 0 Å². The molecule has 1 aliphatic rings. The highest BCUT2D eigenvalue weighted by atomic mass is 16.5. The Morgan fingerprint density at radius 3 is 2.35 bits per heavy atom. The van der Waals surface area contributed by atoms with E-state index in [1.807, 2.05) is 0 Å². The number of ether oxygens (including phenoxy) is 1. The number of benzene rings is 1. The van der Waals surface area contributed by atoms with Gasteiger partial charge in [0.15, 0.2) is 23.6 Å². The van der Waals surface area contributed by atoms with Crippen molar-refractivity contribution in [3.05, 3.63) is 66.1 Å². The number of carbonyl (C=O) groups excluding carboxylic acids is 3. The van der Waals surface area contributed by atoms with Gasteiger partial charge in [0.25, 0.3) is 11.8 Å². The molecule has 9 heteroatoms. The lowest BCUT2D eigenvalue weighted by molar-refractivity contribution is 0.0517. The van der Waals surface area contributed by atoms with Gasteiger partial charge in [0.05, 0.1) is 18.4 Å². The first-order valence-corrected chi connectivity index (χ1v) is 9.92. The van der Waals surface area contributed by atoms with E-state index in [2.05, 4.69) is 4.98 Å². The minimum Gasteiger partial charge on any atom is -0.461 e. The molecule has 0 N–H and O–H groups in total. The summed E-state index contributed by atoms with van der Waals surface area (Å²) in [5, 5.41) is 0. The number of amides is 2. The molecule has 0 atom stereocenters. The van der Waals surface area contributed by atoms with Gasteiger partial charge in [-0.3, -0.25) is 9.59 Å². The molecule has 2 aromatic heterocycles. The topological polar surface area (TPSA) is 106 Å². The van der Waals surface area contributed by atoms with Gasteiger partial charge in [-0.1, -0.05) is 18.2 Å². The highest BCUT2D eigenvalue weighted by Crippen LogP contribution is 2.28. The van der Waals surface area contributed by atoms with Crippen LogP contribution in [0.1, 0.15) is 38.3 Å². The molecular formula is C22H21N3O6. The van der Waals surface area contributed by atoms with Crippen molar-refractivity contribution in [3.63, 3.8) is 0 Å². The van der Waals surface area contributed by atoms with Gasteiger partial charge < -0.3 is 23.4 Å². The van der Waals surface area contributed by atoms with Crippen LogP contribution in [-0.4, -0.2) is 65.4 Å². The SMILES string of the molecule is CCOC(=O)c1ncoc1-c1ccccc1C(=O)N1CCN(C(=O)c2ccco2)CC1. The third-order valence-corrected chi connectivity index (χ3v) is 5.02. The van der Waals surface area contributed by atoms with Gasteiger partial charge in [-0.05, 0) is 25.1 Å². The Bertz CT molecular complexity index is 1080. The van der Waals surface area contributed by atoms with Gasteiger partial charge in [-0.25, -0.2) is 9.78 Å². The maximum absolute atomic E-state index is 13.3. The fraction of sp³-hybridized carbons (Fsp3) is 0.273. The summed E-state index contributed by atoms with van der Waals surface area (Å²) in [6.07, 6.45) is 2.61. The zero-order valence-corrected chi connectivity index (χ0v) is 16.9. The average Bonchev–Trinajstić information content (AvgIpc) is 3.51. The summed E-state index contributed by atoms with van der Waals surface area (Å²) in [6.45, 7) is 3.44. The van der Waals surface area contributed by atoms with Crippen LogP contribution >= 0.6 is 0 Å². The van der Waals surface area contributed by atoms with E-state index in [-0.39, 0.29) is 35.6 Å². The number of furan rings is 1. The molecule has 1 saturated heterocycles. The smallest absolute Gasteiger partial charge is 0.360 e. The summed E-state index contributed by atoms with van der Waals surface area (Å²) in [6, 6.07) is 10.2. The lowest BCUT2D eigenvalue weighted by Gasteiger charge is -2.34. The molecule has 2 amide bonds. The van der Waals surface area contributed by atoms with E-state index in [0.717, 1.165) is 6.39 Å². The Balaban J connectivity index is 1.52. The van der Waals surface area contributed by atoms with E-state index in [4.69, 9.17) is 13.6 Å². The fourth-order valence-electron chi connectivity index (χ4n) is 3.49. The molecule has 0 unspecified atom stereocenters. The highest BCUT2D eigenvalue weighted by molar-refractivity contribution is 6.03. The van der Waals surface area contributed by atoms with E-state index in [0.29, 0.717) is 37.3 Å². The lowest BCUT2D eigenvalue weighted by atomic mass is 10.0. The number of carbonyl (C=O) groups is 3. The molecule has 0 aliphatic carbocycles. The maximum atomic E-state index is 13.3. The molecule has 1 aliphatic heterocycles. The summed E-state index contributed by atoms with van der Waals surface area (Å²) in [7, 11) is 0. The summed E-state index contributed by atoms with van der Waals surface area (Å²) < 4.78 is 15.6. The summed E-state index contributed by atoms with van der Waals surface area (Å²) in [5.41, 5.74) is 0.869. The molecule has 0 bridgehead atoms. The van der Waals surface area contributed by atoms with Crippen molar-refractivity contribution in [2.45, 2.75) is 6.92 Å². The predicted octanol–water partition coefficient (Wildman–Crippen LogP) is 2.71. The van der Waals surface area contributed by atoms with Gasteiger partial charge >= 0.3 is 5.97 Å². The molecular weight excluding hydrogens is 402 g/mol. The summed E-state index contributed by atoms with van der Waals surface area (Å²) >= 11 is 0. The Labute approximate surface area is 178 Å². The molecule has 3 aromatic rings. The molecule has 4 rings (SSSR count). The molecule has 9 nitrogen and oxygen atoms in total. The number of oxazole rings is 1. The molecule has 0 radical (unpaired) electrons. The number of rotatable bonds is 5. The van der Waals surface area contributed by atoms with E-state index < -0.39 is 5.97 Å². The summed E-state index contributed by atoms with van der Waals surface area (Å²) in [4.78, 5) is 45.2. The van der Waals surface area contributed by atoms with Gasteiger partial charge in [0.2, 0.25) is 0 Å². The first-order chi connectivity index (χ1) is 15.1. The fourth-order valence-corrected chi connectivity index (χ4v) is 3.49. The summed E-state index contributed by atoms with van der Waals surface area (Å²) in [5.74, 6) is -0.556. The van der Waals surface area contributed by atoms with Crippen LogP contribution in [0.5, 0.6) is 0 Å². The van der Waals surface area contributed by atoms with Gasteiger partial charge in [0.1, 0.15) is 0 Å². The Morgan fingerprint density at radius 2 is 1.68 bits per heavy atom. The van der Waals surface area contributed by atoms with Crippen molar-refractivity contribution in [3.8, 4) is 11.3 Å². The van der Waals surface area contributed by atoms with Gasteiger partial charge in [0, 0.05) is 31.7 Å². The first-order valence-electron chi connectivity index (χ1n) is 9.92. The van der Waals surface area contributed by atoms with Crippen LogP contribution in [-0.2, 0) is 4.74 Å². The van der Waals surface area contributed by atoms with Crippen molar-refractivity contribution in [2.75, 3.05) is 32.8 Å². The third kappa shape index (κ3) is 4.07. The number of hydrogen-bond acceptors (Lipinski definition) is 7. The molecule has 160 valence electrons. The highest BCUT2D eigenvalue weighted by Gasteiger charge is 2.29. The zero-order valence-electron chi connectivity index (χ0n) is 16.9. The van der Waals surface area contributed by atoms with Crippen molar-refractivity contribution in [1.29, 1.82) is 0 Å². The molecule has 3 heterocycles. The molecule has 0 saturated carbocycles. The second kappa shape index (κ2) is 8.86. The molecule has 0 spiro atoms. The monoisotopic (exact) mass is 423 g/mol. The van der Waals surface area contributed by atoms with Gasteiger partial charge in [-0.2, -0.15) is 0 Å². The van der Waals surface area contributed by atoms with Crippen LogP contribution < -0.4 is 0 Å². The Kier molecular flexibility index (Phi) is 5.83. The van der Waals surface area contributed by atoms with Crippen molar-refractivity contribution >= 4 is 17.8 Å². The number of nitrogens with zero attached hydrogens (tertiary/aromatic N) is 3. The molecule has 1 aromatic carbocycles. The quantitative estimate of drug-likeness (QED) is 0.581. The Morgan fingerprint density at radius 1 is 0.968 bits per heavy atom. The number of piperazine rings is 1. The van der Waals surface area contributed by atoms with Crippen LogP contribution in [0.4, 0.5) is 0 Å². The standard InChI is InChI=1S/C22H21N3O6/c1-2-29-22(28)18-19(31-14-23-18)15-6-3-4-7-16(15)20(26)24-9-11-25(12-10-24)21(27)17-8-5-13-30-17/h3-8,13-14H,2,9-12H2,1H3. The zero-order chi connectivity index (χ0) is 21.8. The van der Waals surface area contributed by atoms with Crippen LogP contribution in [0, 0.1) is 0 Å². The number of esters is 1. The average molecular weight is 423 g/mol. The normalized spacial score (nSPS) is 13.8. The van der Waals surface area contributed by atoms with E-state index in [1.165, 1.54) is 6.26 Å². The van der Waals surface area contributed by atoms with E-state index in [1.54, 1.807) is 53.1 Å². The third-order valence-electron chi connectivity index (χ3n) is 5.02. The lowest BCUT2D eigenvalue weighted by Crippen LogP contribution is -2.50. The minimum atomic E-state index is -0.612. The van der Waals surface area contributed by atoms with Gasteiger partial charge in [-0.15, -0.1) is 0 Å². The molecule has 31 heavy (non-hydrogen) atoms. The second-order valence-corrected chi connectivity index (χ2v) is 6.86. The minimum absolute atomic E-state index is 0.0240. The predicted molar refractivity (Wildman–Crippen MR) is 108 cm³/mol. The Hall–Kier alpha value is -3.88. The van der Waals surface area contributed by atoms with Crippen LogP contribution in [0.15, 0.2) is 57.9 Å². The maximum Gasteiger partial charge on any atom is 0.360 e. The largest absolute Gasteiger partial charge is 0.461 e. The van der Waals surface area contributed by atoms with E-state index in [9.17, 15) is 14.4 Å². The van der Waals surface area contributed by atoms with Crippen LogP contribution in [0.2, 0.25) is 0 Å². The van der Waals surface area contributed by atoms with E-state index >= 15 is 0 Å². The molecule has 1 fully saturated rings. The first kappa shape index (κ1) is 20.4. The second-order valence-electron chi connectivity index (χ2n) is 6.86. The van der Waals surface area contributed by atoms with Crippen molar-refractivity contribution < 1.29 is 28.0 Å². The van der Waals surface area contributed by atoms with Crippen LogP contribution in [0.3, 0.4) is 0 Å².